The van der Waals surface area contributed by atoms with E-state index >= 15 is 0 Å². The molecule has 0 spiro atoms. The maximum atomic E-state index is 12.2. The van der Waals surface area contributed by atoms with Gasteiger partial charge in [0.1, 0.15) is 6.54 Å². The second-order valence-corrected chi connectivity index (χ2v) is 4.95. The Bertz CT molecular complexity index is 302. The number of ether oxygens (including phenoxy) is 1. The molecule has 0 radical (unpaired) electrons. The van der Waals surface area contributed by atoms with Gasteiger partial charge in [0.15, 0.2) is 0 Å². The maximum absolute atomic E-state index is 12.2. The van der Waals surface area contributed by atoms with Crippen molar-refractivity contribution in [2.75, 3.05) is 45.9 Å². The zero-order chi connectivity index (χ0) is 14.3. The van der Waals surface area contributed by atoms with Crippen molar-refractivity contribution in [1.82, 2.24) is 15.1 Å². The van der Waals surface area contributed by atoms with E-state index in [2.05, 4.69) is 10.2 Å². The number of hydrogen-bond donors (Lipinski definition) is 1. The highest BCUT2D eigenvalue weighted by Gasteiger charge is 2.23. The van der Waals surface area contributed by atoms with Crippen LogP contribution >= 0.6 is 0 Å². The molecule has 1 saturated heterocycles. The van der Waals surface area contributed by atoms with Gasteiger partial charge in [0, 0.05) is 32.2 Å². The fourth-order valence-corrected chi connectivity index (χ4v) is 2.06. The number of nitrogens with zero attached hydrogens (tertiary/aromatic N) is 2. The summed E-state index contributed by atoms with van der Waals surface area (Å²) >= 11 is 0. The Morgan fingerprint density at radius 2 is 1.95 bits per heavy atom. The topological polar surface area (TPSA) is 61.9 Å². The molecule has 0 unspecified atom stereocenters. The van der Waals surface area contributed by atoms with Crippen LogP contribution < -0.4 is 5.32 Å². The fourth-order valence-electron chi connectivity index (χ4n) is 2.06. The molecule has 0 atom stereocenters. The van der Waals surface area contributed by atoms with E-state index in [4.69, 9.17) is 4.74 Å². The molecule has 1 aliphatic heterocycles. The Kier molecular flexibility index (Phi) is 6.80. The summed E-state index contributed by atoms with van der Waals surface area (Å²) in [4.78, 5) is 27.5. The predicted octanol–water partition coefficient (Wildman–Crippen LogP) is -0.308. The second kappa shape index (κ2) is 8.12. The molecule has 6 heteroatoms. The number of carbonyl (C=O) groups is 2. The summed E-state index contributed by atoms with van der Waals surface area (Å²) in [5.41, 5.74) is 0. The van der Waals surface area contributed by atoms with Crippen LogP contribution in [-0.2, 0) is 14.3 Å². The minimum Gasteiger partial charge on any atom is -0.465 e. The maximum Gasteiger partial charge on any atom is 0.325 e. The summed E-state index contributed by atoms with van der Waals surface area (Å²) < 4.78 is 4.91. The smallest absolute Gasteiger partial charge is 0.325 e. The summed E-state index contributed by atoms with van der Waals surface area (Å²) in [5, 5.41) is 3.25. The largest absolute Gasteiger partial charge is 0.465 e. The zero-order valence-electron chi connectivity index (χ0n) is 12.1. The lowest BCUT2D eigenvalue weighted by molar-refractivity contribution is -0.150. The van der Waals surface area contributed by atoms with Gasteiger partial charge in [0.05, 0.1) is 13.2 Å². The van der Waals surface area contributed by atoms with Crippen LogP contribution in [0.15, 0.2) is 0 Å². The molecular weight excluding hydrogens is 246 g/mol. The highest BCUT2D eigenvalue weighted by Crippen LogP contribution is 2.02. The molecule has 6 nitrogen and oxygen atoms in total. The molecule has 1 rings (SSSR count). The number of piperazine rings is 1. The van der Waals surface area contributed by atoms with E-state index in [9.17, 15) is 9.59 Å². The van der Waals surface area contributed by atoms with Gasteiger partial charge in [0.25, 0.3) is 0 Å². The minimum atomic E-state index is -0.343. The van der Waals surface area contributed by atoms with Gasteiger partial charge in [-0.3, -0.25) is 14.5 Å². The third kappa shape index (κ3) is 5.57. The molecule has 1 N–H and O–H groups in total. The normalized spacial score (nSPS) is 16.4. The van der Waals surface area contributed by atoms with Crippen LogP contribution in [0.2, 0.25) is 0 Å². The monoisotopic (exact) mass is 271 g/mol. The van der Waals surface area contributed by atoms with Crippen LogP contribution in [0.3, 0.4) is 0 Å². The molecule has 110 valence electrons. The van der Waals surface area contributed by atoms with Crippen LogP contribution in [0.5, 0.6) is 0 Å². The van der Waals surface area contributed by atoms with E-state index in [1.807, 2.05) is 13.8 Å². The van der Waals surface area contributed by atoms with Crippen LogP contribution in [0.25, 0.3) is 0 Å². The average molecular weight is 271 g/mol. The van der Waals surface area contributed by atoms with Crippen molar-refractivity contribution in [3.05, 3.63) is 0 Å². The van der Waals surface area contributed by atoms with Crippen LogP contribution in [-0.4, -0.2) is 73.6 Å². The van der Waals surface area contributed by atoms with Gasteiger partial charge >= 0.3 is 5.97 Å². The summed E-state index contributed by atoms with van der Waals surface area (Å²) in [6, 6.07) is -0.000165. The van der Waals surface area contributed by atoms with E-state index in [0.717, 1.165) is 26.2 Å². The van der Waals surface area contributed by atoms with Crippen molar-refractivity contribution in [3.63, 3.8) is 0 Å². The summed E-state index contributed by atoms with van der Waals surface area (Å²) in [5.74, 6) is -0.352. The molecule has 0 aromatic rings. The summed E-state index contributed by atoms with van der Waals surface area (Å²) in [6.45, 7) is 9.91. The predicted molar refractivity (Wildman–Crippen MR) is 72.8 cm³/mol. The quantitative estimate of drug-likeness (QED) is 0.672. The van der Waals surface area contributed by atoms with Crippen LogP contribution in [0, 0.1) is 0 Å². The minimum absolute atomic E-state index is 0.000165. The Morgan fingerprint density at radius 1 is 1.32 bits per heavy atom. The first-order valence-electron chi connectivity index (χ1n) is 6.92. The third-order valence-corrected chi connectivity index (χ3v) is 3.12. The lowest BCUT2D eigenvalue weighted by Crippen LogP contribution is -2.50. The molecule has 1 aliphatic rings. The number of esters is 1. The fraction of sp³-hybridized carbons (Fsp3) is 0.846. The molecule has 19 heavy (non-hydrogen) atoms. The molecule has 1 amide bonds. The summed E-state index contributed by atoms with van der Waals surface area (Å²) in [7, 11) is 0. The lowest BCUT2D eigenvalue weighted by atomic mass is 10.3. The van der Waals surface area contributed by atoms with Crippen LogP contribution in [0.4, 0.5) is 0 Å². The molecular formula is C13H25N3O3. The molecule has 1 heterocycles. The van der Waals surface area contributed by atoms with Crippen molar-refractivity contribution in [2.24, 2.45) is 0 Å². The highest BCUT2D eigenvalue weighted by molar-refractivity contribution is 5.83. The van der Waals surface area contributed by atoms with Gasteiger partial charge in [-0.1, -0.05) is 0 Å². The van der Waals surface area contributed by atoms with E-state index < -0.39 is 0 Å². The Morgan fingerprint density at radius 3 is 2.47 bits per heavy atom. The molecule has 0 saturated carbocycles. The first kappa shape index (κ1) is 15.9. The standard InChI is InChI=1S/C13H25N3O3/c1-4-19-13(18)10-16(11(2)3)12(17)9-15-7-5-14-6-8-15/h11,14H,4-10H2,1-3H3. The number of carbonyl (C=O) groups excluding carboxylic acids is 2. The Balaban J connectivity index is 2.49. The van der Waals surface area contributed by atoms with E-state index in [0.29, 0.717) is 13.2 Å². The average Bonchev–Trinajstić information content (AvgIpc) is 2.37. The first-order chi connectivity index (χ1) is 9.04. The van der Waals surface area contributed by atoms with Gasteiger partial charge in [-0.2, -0.15) is 0 Å². The summed E-state index contributed by atoms with van der Waals surface area (Å²) in [6.07, 6.45) is 0. The highest BCUT2D eigenvalue weighted by atomic mass is 16.5. The van der Waals surface area contributed by atoms with Crippen molar-refractivity contribution < 1.29 is 14.3 Å². The van der Waals surface area contributed by atoms with E-state index in [1.165, 1.54) is 0 Å². The molecule has 0 aliphatic carbocycles. The van der Waals surface area contributed by atoms with Gasteiger partial charge in [-0.25, -0.2) is 0 Å². The molecule has 0 bridgehead atoms. The first-order valence-corrected chi connectivity index (χ1v) is 6.92. The lowest BCUT2D eigenvalue weighted by Gasteiger charge is -2.31. The number of rotatable bonds is 6. The van der Waals surface area contributed by atoms with Crippen molar-refractivity contribution in [2.45, 2.75) is 26.8 Å². The van der Waals surface area contributed by atoms with Gasteiger partial charge in [0.2, 0.25) is 5.91 Å². The number of amides is 1. The van der Waals surface area contributed by atoms with Gasteiger partial charge in [-0.15, -0.1) is 0 Å². The SMILES string of the molecule is CCOC(=O)CN(C(=O)CN1CCNCC1)C(C)C. The molecule has 0 aromatic carbocycles. The van der Waals surface area contributed by atoms with Crippen molar-refractivity contribution in [3.8, 4) is 0 Å². The Labute approximate surface area is 115 Å². The van der Waals surface area contributed by atoms with Gasteiger partial charge < -0.3 is 15.0 Å². The van der Waals surface area contributed by atoms with Crippen LogP contribution in [0.1, 0.15) is 20.8 Å². The molecule has 1 fully saturated rings. The number of nitrogens with one attached hydrogen (secondary N) is 1. The number of hydrogen-bond acceptors (Lipinski definition) is 5. The van der Waals surface area contributed by atoms with Crippen molar-refractivity contribution in [1.29, 1.82) is 0 Å². The zero-order valence-corrected chi connectivity index (χ0v) is 12.1. The van der Waals surface area contributed by atoms with E-state index in [1.54, 1.807) is 11.8 Å². The Hall–Kier alpha value is -1.14. The van der Waals surface area contributed by atoms with Crippen molar-refractivity contribution >= 4 is 11.9 Å². The van der Waals surface area contributed by atoms with E-state index in [-0.39, 0.29) is 24.5 Å². The molecule has 0 aromatic heterocycles. The second-order valence-electron chi connectivity index (χ2n) is 4.95. The van der Waals surface area contributed by atoms with Gasteiger partial charge in [-0.05, 0) is 20.8 Å². The third-order valence-electron chi connectivity index (χ3n) is 3.12.